The first-order valence-electron chi connectivity index (χ1n) is 5.62. The van der Waals surface area contributed by atoms with Crippen LogP contribution in [0.15, 0.2) is 0 Å². The molecule has 1 aliphatic carbocycles. The minimum Gasteiger partial charge on any atom is -0.385 e. The Bertz CT molecular complexity index is 144. The lowest BCUT2D eigenvalue weighted by Crippen LogP contribution is -2.32. The summed E-state index contributed by atoms with van der Waals surface area (Å²) in [5, 5.41) is 0. The standard InChI is InChI=1S/C11H23NO2/c1-9(7-8-13-2)14-11-5-3-10(12)4-6-11/h9-11H,3-8,12H2,1-2H3. The van der Waals surface area contributed by atoms with Gasteiger partial charge in [0.2, 0.25) is 0 Å². The predicted molar refractivity (Wildman–Crippen MR) is 57.3 cm³/mol. The summed E-state index contributed by atoms with van der Waals surface area (Å²) in [5.41, 5.74) is 5.83. The van der Waals surface area contributed by atoms with Gasteiger partial charge in [-0.05, 0) is 39.0 Å². The largest absolute Gasteiger partial charge is 0.385 e. The fraction of sp³-hybridized carbons (Fsp3) is 1.00. The van der Waals surface area contributed by atoms with E-state index in [1.165, 1.54) is 0 Å². The number of methoxy groups -OCH3 is 1. The third-order valence-corrected chi connectivity index (χ3v) is 2.87. The molecule has 0 aromatic rings. The minimum absolute atomic E-state index is 0.314. The minimum atomic E-state index is 0.314. The molecule has 0 saturated heterocycles. The van der Waals surface area contributed by atoms with Crippen molar-refractivity contribution in [1.82, 2.24) is 0 Å². The summed E-state index contributed by atoms with van der Waals surface area (Å²) in [7, 11) is 1.73. The molecule has 84 valence electrons. The summed E-state index contributed by atoms with van der Waals surface area (Å²) in [6, 6.07) is 0.407. The smallest absolute Gasteiger partial charge is 0.0580 e. The van der Waals surface area contributed by atoms with Crippen molar-refractivity contribution in [3.8, 4) is 0 Å². The van der Waals surface area contributed by atoms with Crippen LogP contribution in [0.1, 0.15) is 39.0 Å². The van der Waals surface area contributed by atoms with E-state index in [1.807, 2.05) is 0 Å². The molecule has 1 unspecified atom stereocenters. The lowest BCUT2D eigenvalue weighted by atomic mass is 9.93. The van der Waals surface area contributed by atoms with E-state index in [4.69, 9.17) is 15.2 Å². The first-order valence-corrected chi connectivity index (χ1v) is 5.62. The van der Waals surface area contributed by atoms with Crippen LogP contribution in [0.4, 0.5) is 0 Å². The SMILES string of the molecule is COCCC(C)OC1CCC(N)CC1. The molecule has 0 amide bonds. The van der Waals surface area contributed by atoms with E-state index in [2.05, 4.69) is 6.92 Å². The lowest BCUT2D eigenvalue weighted by molar-refractivity contribution is -0.0344. The van der Waals surface area contributed by atoms with Gasteiger partial charge in [0, 0.05) is 19.8 Å². The number of hydrogen-bond acceptors (Lipinski definition) is 3. The first kappa shape index (κ1) is 12.0. The summed E-state index contributed by atoms with van der Waals surface area (Å²) in [6.45, 7) is 2.90. The van der Waals surface area contributed by atoms with E-state index >= 15 is 0 Å². The second-order valence-corrected chi connectivity index (χ2v) is 4.26. The van der Waals surface area contributed by atoms with Gasteiger partial charge in [-0.3, -0.25) is 0 Å². The average Bonchev–Trinajstić information content (AvgIpc) is 2.18. The van der Waals surface area contributed by atoms with E-state index in [0.717, 1.165) is 38.7 Å². The molecular weight excluding hydrogens is 178 g/mol. The Hall–Kier alpha value is -0.120. The van der Waals surface area contributed by atoms with Crippen LogP contribution in [0, 0.1) is 0 Å². The molecule has 0 aliphatic heterocycles. The predicted octanol–water partition coefficient (Wildman–Crippen LogP) is 1.70. The van der Waals surface area contributed by atoms with Crippen LogP contribution in [0.5, 0.6) is 0 Å². The van der Waals surface area contributed by atoms with Crippen molar-refractivity contribution < 1.29 is 9.47 Å². The molecule has 2 N–H and O–H groups in total. The third kappa shape index (κ3) is 4.40. The van der Waals surface area contributed by atoms with E-state index in [9.17, 15) is 0 Å². The van der Waals surface area contributed by atoms with E-state index in [1.54, 1.807) is 7.11 Å². The molecule has 14 heavy (non-hydrogen) atoms. The lowest BCUT2D eigenvalue weighted by Gasteiger charge is -2.28. The highest BCUT2D eigenvalue weighted by molar-refractivity contribution is 4.75. The molecule has 1 aliphatic rings. The van der Waals surface area contributed by atoms with Crippen LogP contribution in [0.3, 0.4) is 0 Å². The van der Waals surface area contributed by atoms with Crippen molar-refractivity contribution in [1.29, 1.82) is 0 Å². The fourth-order valence-electron chi connectivity index (χ4n) is 1.91. The van der Waals surface area contributed by atoms with Crippen molar-refractivity contribution in [3.05, 3.63) is 0 Å². The van der Waals surface area contributed by atoms with Crippen LogP contribution in [0.25, 0.3) is 0 Å². The summed E-state index contributed by atoms with van der Waals surface area (Å²) >= 11 is 0. The molecule has 1 saturated carbocycles. The van der Waals surface area contributed by atoms with Crippen LogP contribution < -0.4 is 5.73 Å². The Morgan fingerprint density at radius 3 is 2.50 bits per heavy atom. The highest BCUT2D eigenvalue weighted by Crippen LogP contribution is 2.21. The molecule has 0 heterocycles. The monoisotopic (exact) mass is 201 g/mol. The van der Waals surface area contributed by atoms with Crippen molar-refractivity contribution in [2.45, 2.75) is 57.3 Å². The van der Waals surface area contributed by atoms with E-state index in [-0.39, 0.29) is 0 Å². The van der Waals surface area contributed by atoms with Crippen molar-refractivity contribution in [2.24, 2.45) is 5.73 Å². The third-order valence-electron chi connectivity index (χ3n) is 2.87. The zero-order valence-electron chi connectivity index (χ0n) is 9.37. The molecule has 1 rings (SSSR count). The molecule has 0 aromatic heterocycles. The van der Waals surface area contributed by atoms with Gasteiger partial charge in [0.05, 0.1) is 12.2 Å². The zero-order chi connectivity index (χ0) is 10.4. The van der Waals surface area contributed by atoms with Crippen LogP contribution >= 0.6 is 0 Å². The number of nitrogens with two attached hydrogens (primary N) is 1. The van der Waals surface area contributed by atoms with Gasteiger partial charge >= 0.3 is 0 Å². The zero-order valence-corrected chi connectivity index (χ0v) is 9.37. The topological polar surface area (TPSA) is 44.5 Å². The molecule has 3 nitrogen and oxygen atoms in total. The number of hydrogen-bond donors (Lipinski definition) is 1. The van der Waals surface area contributed by atoms with Gasteiger partial charge in [0.15, 0.2) is 0 Å². The Labute approximate surface area is 86.9 Å². The van der Waals surface area contributed by atoms with Gasteiger partial charge in [-0.15, -0.1) is 0 Å². The molecular formula is C11H23NO2. The Balaban J connectivity index is 2.10. The second kappa shape index (κ2) is 6.38. The van der Waals surface area contributed by atoms with Gasteiger partial charge < -0.3 is 15.2 Å². The summed E-state index contributed by atoms with van der Waals surface area (Å²) < 4.78 is 10.9. The highest BCUT2D eigenvalue weighted by Gasteiger charge is 2.20. The fourth-order valence-corrected chi connectivity index (χ4v) is 1.91. The van der Waals surface area contributed by atoms with Crippen LogP contribution in [-0.4, -0.2) is 32.0 Å². The number of rotatable bonds is 5. The van der Waals surface area contributed by atoms with Crippen molar-refractivity contribution in [3.63, 3.8) is 0 Å². The maximum Gasteiger partial charge on any atom is 0.0580 e. The normalized spacial score (nSPS) is 30.2. The second-order valence-electron chi connectivity index (χ2n) is 4.26. The Morgan fingerprint density at radius 2 is 1.93 bits per heavy atom. The molecule has 0 bridgehead atoms. The van der Waals surface area contributed by atoms with Gasteiger partial charge in [-0.2, -0.15) is 0 Å². The van der Waals surface area contributed by atoms with Crippen molar-refractivity contribution >= 4 is 0 Å². The summed E-state index contributed by atoms with van der Waals surface area (Å²) in [6.07, 6.45) is 6.20. The van der Waals surface area contributed by atoms with Gasteiger partial charge in [-0.1, -0.05) is 0 Å². The number of ether oxygens (including phenoxy) is 2. The molecule has 0 aromatic carbocycles. The van der Waals surface area contributed by atoms with Gasteiger partial charge in [-0.25, -0.2) is 0 Å². The molecule has 1 fully saturated rings. The first-order chi connectivity index (χ1) is 6.72. The van der Waals surface area contributed by atoms with E-state index < -0.39 is 0 Å². The molecule has 0 radical (unpaired) electrons. The Kier molecular flexibility index (Phi) is 5.45. The molecule has 1 atom stereocenters. The van der Waals surface area contributed by atoms with Gasteiger partial charge in [0.25, 0.3) is 0 Å². The maximum absolute atomic E-state index is 5.91. The van der Waals surface area contributed by atoms with Crippen LogP contribution in [0.2, 0.25) is 0 Å². The summed E-state index contributed by atoms with van der Waals surface area (Å²) in [5.74, 6) is 0. The molecule has 0 spiro atoms. The van der Waals surface area contributed by atoms with Gasteiger partial charge in [0.1, 0.15) is 0 Å². The molecule has 3 heteroatoms. The van der Waals surface area contributed by atoms with Crippen LogP contribution in [-0.2, 0) is 9.47 Å². The average molecular weight is 201 g/mol. The summed E-state index contributed by atoms with van der Waals surface area (Å²) in [4.78, 5) is 0. The maximum atomic E-state index is 5.91. The highest BCUT2D eigenvalue weighted by atomic mass is 16.5. The van der Waals surface area contributed by atoms with E-state index in [0.29, 0.717) is 18.2 Å². The Morgan fingerprint density at radius 1 is 1.29 bits per heavy atom. The quantitative estimate of drug-likeness (QED) is 0.736. The van der Waals surface area contributed by atoms with Crippen molar-refractivity contribution in [2.75, 3.05) is 13.7 Å².